The number of carbonyl (C=O) groups is 1. The minimum atomic E-state index is 0.101. The van der Waals surface area contributed by atoms with Crippen LogP contribution in [0.4, 0.5) is 5.69 Å². The second-order valence-electron chi connectivity index (χ2n) is 7.49. The molecule has 140 valence electrons. The maximum atomic E-state index is 12.8. The number of aromatic nitrogens is 2. The topological polar surface area (TPSA) is 49.6 Å². The van der Waals surface area contributed by atoms with Crippen molar-refractivity contribution in [2.75, 3.05) is 18.4 Å². The molecular weight excluding hydrogens is 336 g/mol. The zero-order valence-corrected chi connectivity index (χ0v) is 16.5. The van der Waals surface area contributed by atoms with Crippen molar-refractivity contribution < 1.29 is 4.79 Å². The first-order valence-corrected chi connectivity index (χ1v) is 9.53. The van der Waals surface area contributed by atoms with Gasteiger partial charge in [0.1, 0.15) is 0 Å². The second kappa shape index (κ2) is 6.72. The number of imidazole rings is 1. The highest BCUT2D eigenvalue weighted by molar-refractivity contribution is 5.96. The number of carbonyl (C=O) groups excluding carboxylic acids is 1. The number of rotatable bonds is 4. The molecule has 5 nitrogen and oxygen atoms in total. The standard InChI is InChI=1S/C22H26N4O/c1-14-7-5-8-15(2)19(14)12-23-20-11-18(22(27)25-9-6-10-25)13-26-17(4)16(3)24-21(20)26/h5,7-8,11,13,23H,6,9-10,12H2,1-4H3. The SMILES string of the molecule is Cc1cccc(C)c1CNc1cc(C(=O)N2CCC2)cn2c(C)c(C)nc12. The number of hydrogen-bond donors (Lipinski definition) is 1. The first kappa shape index (κ1) is 17.6. The van der Waals surface area contributed by atoms with Gasteiger partial charge in [-0.2, -0.15) is 0 Å². The van der Waals surface area contributed by atoms with Gasteiger partial charge in [0.05, 0.1) is 16.9 Å². The molecule has 3 heterocycles. The highest BCUT2D eigenvalue weighted by Crippen LogP contribution is 2.25. The van der Waals surface area contributed by atoms with Crippen molar-refractivity contribution in [2.24, 2.45) is 0 Å². The van der Waals surface area contributed by atoms with E-state index in [2.05, 4.69) is 37.4 Å². The Kier molecular flexibility index (Phi) is 4.38. The van der Waals surface area contributed by atoms with Gasteiger partial charge in [-0.05, 0) is 56.9 Å². The van der Waals surface area contributed by atoms with Crippen LogP contribution in [0.2, 0.25) is 0 Å². The van der Waals surface area contributed by atoms with Gasteiger partial charge < -0.3 is 14.6 Å². The van der Waals surface area contributed by atoms with Gasteiger partial charge in [-0.3, -0.25) is 4.79 Å². The van der Waals surface area contributed by atoms with Crippen LogP contribution in [-0.2, 0) is 6.54 Å². The molecule has 0 bridgehead atoms. The first-order chi connectivity index (χ1) is 13.0. The lowest BCUT2D eigenvalue weighted by molar-refractivity contribution is 0.0651. The number of hydrogen-bond acceptors (Lipinski definition) is 3. The third-order valence-corrected chi connectivity index (χ3v) is 5.69. The summed E-state index contributed by atoms with van der Waals surface area (Å²) in [4.78, 5) is 19.4. The van der Waals surface area contributed by atoms with Gasteiger partial charge in [-0.25, -0.2) is 4.98 Å². The van der Waals surface area contributed by atoms with Crippen LogP contribution in [0.1, 0.15) is 44.9 Å². The molecule has 3 aromatic rings. The predicted molar refractivity (Wildman–Crippen MR) is 108 cm³/mol. The fourth-order valence-electron chi connectivity index (χ4n) is 3.63. The van der Waals surface area contributed by atoms with Crippen LogP contribution in [0, 0.1) is 27.7 Å². The Morgan fingerprint density at radius 2 is 1.85 bits per heavy atom. The summed E-state index contributed by atoms with van der Waals surface area (Å²) in [6.45, 7) is 10.7. The van der Waals surface area contributed by atoms with Gasteiger partial charge in [0.25, 0.3) is 5.91 Å². The normalized spacial score (nSPS) is 13.7. The molecule has 0 unspecified atom stereocenters. The van der Waals surface area contributed by atoms with Gasteiger partial charge in [0.15, 0.2) is 5.65 Å². The van der Waals surface area contributed by atoms with Crippen LogP contribution in [0.15, 0.2) is 30.5 Å². The van der Waals surface area contributed by atoms with Crippen LogP contribution >= 0.6 is 0 Å². The molecule has 1 amide bonds. The predicted octanol–water partition coefficient (Wildman–Crippen LogP) is 4.03. The van der Waals surface area contributed by atoms with E-state index in [1.54, 1.807) is 0 Å². The molecule has 27 heavy (non-hydrogen) atoms. The summed E-state index contributed by atoms with van der Waals surface area (Å²) >= 11 is 0. The zero-order valence-electron chi connectivity index (χ0n) is 16.5. The Morgan fingerprint density at radius 3 is 2.48 bits per heavy atom. The lowest BCUT2D eigenvalue weighted by Crippen LogP contribution is -2.42. The number of nitrogens with zero attached hydrogens (tertiary/aromatic N) is 3. The molecule has 0 saturated carbocycles. The van der Waals surface area contributed by atoms with E-state index in [4.69, 9.17) is 4.98 Å². The lowest BCUT2D eigenvalue weighted by Gasteiger charge is -2.31. The molecule has 1 aliphatic heterocycles. The van der Waals surface area contributed by atoms with E-state index >= 15 is 0 Å². The number of amides is 1. The Hall–Kier alpha value is -2.82. The van der Waals surface area contributed by atoms with Crippen molar-refractivity contribution >= 4 is 17.2 Å². The maximum Gasteiger partial charge on any atom is 0.255 e. The average molecular weight is 362 g/mol. The molecule has 4 rings (SSSR count). The molecule has 0 spiro atoms. The van der Waals surface area contributed by atoms with E-state index in [-0.39, 0.29) is 5.91 Å². The monoisotopic (exact) mass is 362 g/mol. The van der Waals surface area contributed by atoms with Crippen molar-refractivity contribution in [2.45, 2.75) is 40.7 Å². The molecule has 0 radical (unpaired) electrons. The van der Waals surface area contributed by atoms with Crippen LogP contribution < -0.4 is 5.32 Å². The van der Waals surface area contributed by atoms with Crippen molar-refractivity contribution in [3.63, 3.8) is 0 Å². The van der Waals surface area contributed by atoms with Crippen molar-refractivity contribution in [3.8, 4) is 0 Å². The quantitative estimate of drug-likeness (QED) is 0.762. The molecule has 2 aromatic heterocycles. The van der Waals surface area contributed by atoms with Gasteiger partial charge in [0.2, 0.25) is 0 Å². The molecular formula is C22H26N4O. The lowest BCUT2D eigenvalue weighted by atomic mass is 10.0. The smallest absolute Gasteiger partial charge is 0.255 e. The van der Waals surface area contributed by atoms with E-state index in [9.17, 15) is 4.79 Å². The van der Waals surface area contributed by atoms with Gasteiger partial charge in [0, 0.05) is 31.5 Å². The molecule has 5 heteroatoms. The van der Waals surface area contributed by atoms with Crippen LogP contribution in [0.25, 0.3) is 5.65 Å². The van der Waals surface area contributed by atoms with E-state index in [1.807, 2.05) is 35.4 Å². The van der Waals surface area contributed by atoms with Crippen LogP contribution in [0.5, 0.6) is 0 Å². The Balaban J connectivity index is 1.74. The van der Waals surface area contributed by atoms with Gasteiger partial charge in [-0.1, -0.05) is 18.2 Å². The number of aryl methyl sites for hydroxylation is 4. The third kappa shape index (κ3) is 3.07. The highest BCUT2D eigenvalue weighted by Gasteiger charge is 2.23. The third-order valence-electron chi connectivity index (χ3n) is 5.69. The molecule has 1 N–H and O–H groups in total. The van der Waals surface area contributed by atoms with E-state index < -0.39 is 0 Å². The Bertz CT molecular complexity index is 1010. The molecule has 0 aliphatic carbocycles. The summed E-state index contributed by atoms with van der Waals surface area (Å²) in [5, 5.41) is 3.54. The van der Waals surface area contributed by atoms with Crippen molar-refractivity contribution in [3.05, 3.63) is 64.1 Å². The minimum absolute atomic E-state index is 0.101. The number of likely N-dealkylation sites (tertiary alicyclic amines) is 1. The summed E-state index contributed by atoms with van der Waals surface area (Å²) in [7, 11) is 0. The first-order valence-electron chi connectivity index (χ1n) is 9.53. The van der Waals surface area contributed by atoms with E-state index in [1.165, 1.54) is 16.7 Å². The largest absolute Gasteiger partial charge is 0.378 e. The molecule has 0 atom stereocenters. The fraction of sp³-hybridized carbons (Fsp3) is 0.364. The molecule has 1 aliphatic rings. The number of benzene rings is 1. The second-order valence-corrected chi connectivity index (χ2v) is 7.49. The average Bonchev–Trinajstić information content (AvgIpc) is 2.87. The Morgan fingerprint density at radius 1 is 1.15 bits per heavy atom. The molecule has 1 fully saturated rings. The summed E-state index contributed by atoms with van der Waals surface area (Å²) in [6, 6.07) is 8.30. The Labute approximate surface area is 160 Å². The zero-order chi connectivity index (χ0) is 19.1. The molecule has 1 saturated heterocycles. The van der Waals surface area contributed by atoms with Crippen LogP contribution in [-0.4, -0.2) is 33.3 Å². The van der Waals surface area contributed by atoms with E-state index in [0.717, 1.165) is 42.2 Å². The van der Waals surface area contributed by atoms with Gasteiger partial charge in [-0.15, -0.1) is 0 Å². The highest BCUT2D eigenvalue weighted by atomic mass is 16.2. The summed E-state index contributed by atoms with van der Waals surface area (Å²) < 4.78 is 2.04. The number of fused-ring (bicyclic) bond motifs is 1. The number of pyridine rings is 1. The summed E-state index contributed by atoms with van der Waals surface area (Å²) in [5.41, 5.74) is 8.36. The number of nitrogens with one attached hydrogen (secondary N) is 1. The summed E-state index contributed by atoms with van der Waals surface area (Å²) in [6.07, 6.45) is 3.02. The number of anilines is 1. The van der Waals surface area contributed by atoms with Crippen molar-refractivity contribution in [1.82, 2.24) is 14.3 Å². The molecule has 1 aromatic carbocycles. The fourth-order valence-corrected chi connectivity index (χ4v) is 3.63. The minimum Gasteiger partial charge on any atom is -0.378 e. The maximum absolute atomic E-state index is 12.8. The van der Waals surface area contributed by atoms with Crippen LogP contribution in [0.3, 0.4) is 0 Å². The van der Waals surface area contributed by atoms with E-state index in [0.29, 0.717) is 12.1 Å². The summed E-state index contributed by atoms with van der Waals surface area (Å²) in [5.74, 6) is 0.101. The van der Waals surface area contributed by atoms with Gasteiger partial charge >= 0.3 is 0 Å². The van der Waals surface area contributed by atoms with Crippen molar-refractivity contribution in [1.29, 1.82) is 0 Å².